The molecule has 7 nitrogen and oxygen atoms in total. The van der Waals surface area contributed by atoms with Crippen molar-refractivity contribution in [2.24, 2.45) is 0 Å². The van der Waals surface area contributed by atoms with Crippen molar-refractivity contribution in [2.45, 2.75) is 6.48 Å². The van der Waals surface area contributed by atoms with Crippen molar-refractivity contribution in [3.63, 3.8) is 0 Å². The van der Waals surface area contributed by atoms with Crippen LogP contribution in [0.4, 0.5) is 0 Å². The van der Waals surface area contributed by atoms with Crippen molar-refractivity contribution >= 4 is 6.47 Å². The van der Waals surface area contributed by atoms with Crippen molar-refractivity contribution in [1.29, 1.82) is 0 Å². The average molecular weight is 226 g/mol. The third-order valence-corrected chi connectivity index (χ3v) is 0.980. The van der Waals surface area contributed by atoms with Crippen LogP contribution in [0.5, 0.6) is 0 Å². The highest BCUT2D eigenvalue weighted by atomic mass is 16.9. The lowest BCUT2D eigenvalue weighted by Gasteiger charge is -2.02. The fraction of sp³-hybridized carbons (Fsp3) is 0.875. The van der Waals surface area contributed by atoms with E-state index in [1.54, 1.807) is 7.11 Å². The second kappa shape index (κ2) is 15.7. The minimum absolute atomic E-state index is 0.125. The largest absolute Gasteiger partial charge is 0.471 e. The number of carbonyl (C=O) groups is 1. The zero-order valence-electron chi connectivity index (χ0n) is 8.92. The standard InChI is InChI=1S/C4H8O3.C2H4O2.C2H6O2/c1-5-4-6-2-3-7-4;1-4-2-3;3-1-2-4/h4H,2-3H2,1H3;2H,1H3;3-4H,1-2H2. The van der Waals surface area contributed by atoms with Crippen LogP contribution in [-0.4, -0.2) is 63.8 Å². The second-order valence-electron chi connectivity index (χ2n) is 2.05. The Morgan fingerprint density at radius 2 is 1.67 bits per heavy atom. The van der Waals surface area contributed by atoms with E-state index in [0.29, 0.717) is 19.7 Å². The van der Waals surface area contributed by atoms with Gasteiger partial charge in [0.25, 0.3) is 12.9 Å². The minimum atomic E-state index is -0.403. The Morgan fingerprint density at radius 3 is 1.80 bits per heavy atom. The summed E-state index contributed by atoms with van der Waals surface area (Å²) in [5, 5.41) is 15.2. The molecule has 92 valence electrons. The molecule has 1 rings (SSSR count). The number of ether oxygens (including phenoxy) is 4. The van der Waals surface area contributed by atoms with Crippen LogP contribution in [0.1, 0.15) is 0 Å². The molecule has 1 saturated heterocycles. The number of hydrogen-bond acceptors (Lipinski definition) is 7. The Kier molecular flexibility index (Phi) is 17.5. The summed E-state index contributed by atoms with van der Waals surface area (Å²) in [7, 11) is 2.86. The molecule has 0 atom stereocenters. The van der Waals surface area contributed by atoms with Crippen molar-refractivity contribution in [3.8, 4) is 0 Å². The van der Waals surface area contributed by atoms with E-state index in [4.69, 9.17) is 24.5 Å². The highest BCUT2D eigenvalue weighted by Crippen LogP contribution is 2.01. The lowest BCUT2D eigenvalue weighted by molar-refractivity contribution is -0.214. The van der Waals surface area contributed by atoms with Crippen molar-refractivity contribution in [3.05, 3.63) is 0 Å². The highest BCUT2D eigenvalue weighted by Gasteiger charge is 2.12. The number of aliphatic hydroxyl groups is 2. The van der Waals surface area contributed by atoms with Crippen LogP contribution in [0.15, 0.2) is 0 Å². The molecule has 0 spiro atoms. The zero-order chi connectivity index (χ0) is 11.9. The third-order valence-electron chi connectivity index (χ3n) is 0.980. The Hall–Kier alpha value is -0.730. The predicted molar refractivity (Wildman–Crippen MR) is 49.9 cm³/mol. The molecule has 1 aliphatic heterocycles. The van der Waals surface area contributed by atoms with Gasteiger partial charge in [0.1, 0.15) is 0 Å². The fourth-order valence-electron chi connectivity index (χ4n) is 0.473. The van der Waals surface area contributed by atoms with Crippen molar-refractivity contribution in [2.75, 3.05) is 40.6 Å². The first kappa shape index (κ1) is 16.7. The third kappa shape index (κ3) is 16.0. The van der Waals surface area contributed by atoms with E-state index < -0.39 is 6.48 Å². The van der Waals surface area contributed by atoms with E-state index >= 15 is 0 Å². The lowest BCUT2D eigenvalue weighted by Crippen LogP contribution is -2.08. The summed E-state index contributed by atoms with van der Waals surface area (Å²) in [5.74, 6) is 0. The van der Waals surface area contributed by atoms with Gasteiger partial charge in [-0.25, -0.2) is 0 Å². The van der Waals surface area contributed by atoms with Crippen molar-refractivity contribution < 1.29 is 34.0 Å². The summed E-state index contributed by atoms with van der Waals surface area (Å²) in [4.78, 5) is 8.95. The quantitative estimate of drug-likeness (QED) is 0.579. The molecule has 0 unspecified atom stereocenters. The predicted octanol–water partition coefficient (Wildman–Crippen LogP) is -1.28. The topological polar surface area (TPSA) is 94.5 Å². The molecule has 0 aromatic heterocycles. The molecular formula is C8H18O7. The Morgan fingerprint density at radius 1 is 1.27 bits per heavy atom. The molecule has 0 aromatic rings. The number of hydrogen-bond donors (Lipinski definition) is 2. The average Bonchev–Trinajstić information content (AvgIpc) is 2.82. The van der Waals surface area contributed by atoms with E-state index in [2.05, 4.69) is 9.47 Å². The number of rotatable bonds is 3. The smallest absolute Gasteiger partial charge is 0.292 e. The van der Waals surface area contributed by atoms with Crippen LogP contribution in [-0.2, 0) is 23.7 Å². The van der Waals surface area contributed by atoms with Gasteiger partial charge in [-0.3, -0.25) is 4.79 Å². The summed E-state index contributed by atoms with van der Waals surface area (Å²) in [6.07, 6.45) is 0. The van der Waals surface area contributed by atoms with Crippen LogP contribution in [0, 0.1) is 0 Å². The normalized spacial score (nSPS) is 14.4. The van der Waals surface area contributed by atoms with Gasteiger partial charge in [0, 0.05) is 7.11 Å². The molecule has 15 heavy (non-hydrogen) atoms. The molecular weight excluding hydrogens is 208 g/mol. The van der Waals surface area contributed by atoms with Crippen LogP contribution >= 0.6 is 0 Å². The molecule has 7 heteroatoms. The number of aliphatic hydroxyl groups excluding tert-OH is 2. The Bertz CT molecular complexity index is 112. The van der Waals surface area contributed by atoms with Gasteiger partial charge in [0.05, 0.1) is 33.5 Å². The first-order valence-corrected chi connectivity index (χ1v) is 4.20. The molecule has 0 aliphatic carbocycles. The molecule has 1 heterocycles. The van der Waals surface area contributed by atoms with E-state index in [0.717, 1.165) is 0 Å². The molecule has 0 aromatic carbocycles. The van der Waals surface area contributed by atoms with Crippen LogP contribution < -0.4 is 0 Å². The molecule has 0 radical (unpaired) electrons. The van der Waals surface area contributed by atoms with Crippen LogP contribution in [0.25, 0.3) is 0 Å². The molecule has 0 amide bonds. The summed E-state index contributed by atoms with van der Waals surface area (Å²) in [6.45, 7) is 1.02. The van der Waals surface area contributed by atoms with E-state index in [1.807, 2.05) is 0 Å². The van der Waals surface area contributed by atoms with Gasteiger partial charge in [-0.1, -0.05) is 0 Å². The monoisotopic (exact) mass is 226 g/mol. The van der Waals surface area contributed by atoms with E-state index in [1.165, 1.54) is 7.11 Å². The zero-order valence-corrected chi connectivity index (χ0v) is 8.92. The van der Waals surface area contributed by atoms with Gasteiger partial charge < -0.3 is 29.2 Å². The van der Waals surface area contributed by atoms with Crippen molar-refractivity contribution in [1.82, 2.24) is 0 Å². The number of methoxy groups -OCH3 is 2. The maximum atomic E-state index is 8.95. The molecule has 1 aliphatic rings. The van der Waals surface area contributed by atoms with Gasteiger partial charge in [0.2, 0.25) is 0 Å². The van der Waals surface area contributed by atoms with Gasteiger partial charge in [-0.05, 0) is 0 Å². The minimum Gasteiger partial charge on any atom is -0.471 e. The summed E-state index contributed by atoms with van der Waals surface area (Å²) >= 11 is 0. The van der Waals surface area contributed by atoms with Crippen LogP contribution in [0.3, 0.4) is 0 Å². The first-order valence-electron chi connectivity index (χ1n) is 4.20. The van der Waals surface area contributed by atoms with Gasteiger partial charge >= 0.3 is 0 Å². The Balaban J connectivity index is 0. The highest BCUT2D eigenvalue weighted by molar-refractivity contribution is 5.36. The molecule has 0 saturated carbocycles. The SMILES string of the molecule is COC1OCCO1.COC=O.OCCO. The molecule has 2 N–H and O–H groups in total. The first-order chi connectivity index (χ1) is 7.26. The number of carbonyl (C=O) groups excluding carboxylic acids is 1. The van der Waals surface area contributed by atoms with Crippen LogP contribution in [0.2, 0.25) is 0 Å². The van der Waals surface area contributed by atoms with E-state index in [9.17, 15) is 0 Å². The second-order valence-corrected chi connectivity index (χ2v) is 2.05. The maximum Gasteiger partial charge on any atom is 0.292 e. The van der Waals surface area contributed by atoms with E-state index in [-0.39, 0.29) is 13.2 Å². The van der Waals surface area contributed by atoms with Gasteiger partial charge in [-0.15, -0.1) is 0 Å². The summed E-state index contributed by atoms with van der Waals surface area (Å²) in [5.41, 5.74) is 0. The summed E-state index contributed by atoms with van der Waals surface area (Å²) < 4.78 is 18.2. The lowest BCUT2D eigenvalue weighted by atomic mass is 10.8. The van der Waals surface area contributed by atoms with Gasteiger partial charge in [-0.2, -0.15) is 0 Å². The maximum absolute atomic E-state index is 8.95. The summed E-state index contributed by atoms with van der Waals surface area (Å²) in [6, 6.07) is 0. The molecule has 1 fully saturated rings. The van der Waals surface area contributed by atoms with Gasteiger partial charge in [0.15, 0.2) is 0 Å². The Labute approximate surface area is 88.5 Å². The molecule has 0 bridgehead atoms. The fourth-order valence-corrected chi connectivity index (χ4v) is 0.473.